The van der Waals surface area contributed by atoms with E-state index >= 15 is 0 Å². The van der Waals surface area contributed by atoms with Crippen LogP contribution in [0, 0.1) is 0 Å². The van der Waals surface area contributed by atoms with Gasteiger partial charge in [0.25, 0.3) is 5.91 Å². The van der Waals surface area contributed by atoms with Crippen molar-refractivity contribution in [2.45, 2.75) is 38.1 Å². The molecule has 0 radical (unpaired) electrons. The average Bonchev–Trinajstić information content (AvgIpc) is 2.60. The molecule has 1 aliphatic carbocycles. The van der Waals surface area contributed by atoms with Crippen LogP contribution in [-0.4, -0.2) is 48.2 Å². The molecule has 5 nitrogen and oxygen atoms in total. The average molecular weight is 253 g/mol. The molecule has 2 aliphatic rings. The topological polar surface area (TPSA) is 66.8 Å². The first-order chi connectivity index (χ1) is 8.65. The molecule has 1 N–H and O–H groups in total. The van der Waals surface area contributed by atoms with Gasteiger partial charge in [-0.3, -0.25) is 9.59 Å². The second-order valence-electron chi connectivity index (χ2n) is 4.83. The first-order valence-corrected chi connectivity index (χ1v) is 6.38. The molecule has 1 amide bonds. The van der Waals surface area contributed by atoms with Crippen LogP contribution >= 0.6 is 0 Å². The highest BCUT2D eigenvalue weighted by molar-refractivity contribution is 6.01. The van der Waals surface area contributed by atoms with Crippen molar-refractivity contribution in [3.05, 3.63) is 11.1 Å². The third-order valence-corrected chi connectivity index (χ3v) is 3.72. The highest BCUT2D eigenvalue weighted by Crippen LogP contribution is 2.37. The van der Waals surface area contributed by atoms with Crippen LogP contribution < -0.4 is 0 Å². The lowest BCUT2D eigenvalue weighted by atomic mass is 9.88. The van der Waals surface area contributed by atoms with Crippen molar-refractivity contribution in [2.75, 3.05) is 20.3 Å². The summed E-state index contributed by atoms with van der Waals surface area (Å²) in [6.07, 6.45) is 3.83. The maximum atomic E-state index is 12.3. The summed E-state index contributed by atoms with van der Waals surface area (Å²) in [5.41, 5.74) is 1.58. The molecule has 0 unspecified atom stereocenters. The molecule has 1 saturated carbocycles. The zero-order valence-electron chi connectivity index (χ0n) is 10.6. The molecule has 100 valence electrons. The van der Waals surface area contributed by atoms with Crippen LogP contribution in [0.4, 0.5) is 0 Å². The van der Waals surface area contributed by atoms with Crippen molar-refractivity contribution in [1.29, 1.82) is 0 Å². The summed E-state index contributed by atoms with van der Waals surface area (Å²) in [6, 6.07) is 0.121. The van der Waals surface area contributed by atoms with E-state index in [1.54, 1.807) is 12.0 Å². The fourth-order valence-corrected chi connectivity index (χ4v) is 2.93. The van der Waals surface area contributed by atoms with Crippen LogP contribution in [0.2, 0.25) is 0 Å². The highest BCUT2D eigenvalue weighted by atomic mass is 16.5. The molecule has 0 saturated heterocycles. The van der Waals surface area contributed by atoms with Gasteiger partial charge in [0.1, 0.15) is 0 Å². The van der Waals surface area contributed by atoms with Crippen LogP contribution in [0.5, 0.6) is 0 Å². The second-order valence-corrected chi connectivity index (χ2v) is 4.83. The number of fused-ring (bicyclic) bond motifs is 1. The number of carboxylic acids is 1. The van der Waals surface area contributed by atoms with E-state index in [0.29, 0.717) is 18.7 Å². The predicted molar refractivity (Wildman–Crippen MR) is 65.1 cm³/mol. The van der Waals surface area contributed by atoms with Gasteiger partial charge in [-0.05, 0) is 24.8 Å². The second kappa shape index (κ2) is 5.52. The zero-order valence-corrected chi connectivity index (χ0v) is 10.6. The molecule has 0 aromatic heterocycles. The highest BCUT2D eigenvalue weighted by Gasteiger charge is 2.39. The molecule has 0 aromatic carbocycles. The Hall–Kier alpha value is -1.36. The summed E-state index contributed by atoms with van der Waals surface area (Å²) in [5.74, 6) is -1.03. The van der Waals surface area contributed by atoms with E-state index < -0.39 is 5.97 Å². The first kappa shape index (κ1) is 13.1. The van der Waals surface area contributed by atoms with Crippen LogP contribution in [0.1, 0.15) is 32.1 Å². The molecule has 1 fully saturated rings. The Bertz CT molecular complexity index is 388. The Morgan fingerprint density at radius 1 is 1.50 bits per heavy atom. The number of nitrogens with zero attached hydrogens (tertiary/aromatic N) is 1. The molecule has 0 spiro atoms. The van der Waals surface area contributed by atoms with Gasteiger partial charge in [0.05, 0.1) is 19.1 Å². The number of rotatable bonds is 5. The van der Waals surface area contributed by atoms with Gasteiger partial charge in [-0.15, -0.1) is 0 Å². The van der Waals surface area contributed by atoms with Gasteiger partial charge in [-0.1, -0.05) is 6.42 Å². The van der Waals surface area contributed by atoms with Crippen LogP contribution in [-0.2, 0) is 14.3 Å². The minimum atomic E-state index is -0.927. The summed E-state index contributed by atoms with van der Waals surface area (Å²) in [6.45, 7) is 1.04. The van der Waals surface area contributed by atoms with Gasteiger partial charge in [0.15, 0.2) is 0 Å². The standard InChI is InChI=1S/C13H19NO4/c1-18-7-6-14-11-5-3-2-4-9(11)10(13(14)17)8-12(15)16/h11H,2-8H2,1H3,(H,15,16)/t11-/m0/s1. The van der Waals surface area contributed by atoms with Crippen molar-refractivity contribution >= 4 is 11.9 Å². The maximum absolute atomic E-state index is 12.3. The normalized spacial score (nSPS) is 23.5. The van der Waals surface area contributed by atoms with E-state index in [1.807, 2.05) is 0 Å². The quantitative estimate of drug-likeness (QED) is 0.799. The number of amides is 1. The molecule has 1 heterocycles. The number of carbonyl (C=O) groups excluding carboxylic acids is 1. The number of carbonyl (C=O) groups is 2. The number of aliphatic carboxylic acids is 1. The fraction of sp³-hybridized carbons (Fsp3) is 0.692. The van der Waals surface area contributed by atoms with Gasteiger partial charge in [-0.2, -0.15) is 0 Å². The monoisotopic (exact) mass is 253 g/mol. The molecule has 1 atom stereocenters. The van der Waals surface area contributed by atoms with Crippen LogP contribution in [0.3, 0.4) is 0 Å². The lowest BCUT2D eigenvalue weighted by molar-refractivity contribution is -0.138. The molecule has 0 aromatic rings. The van der Waals surface area contributed by atoms with Crippen molar-refractivity contribution in [1.82, 2.24) is 4.90 Å². The fourth-order valence-electron chi connectivity index (χ4n) is 2.93. The van der Waals surface area contributed by atoms with E-state index in [0.717, 1.165) is 31.3 Å². The Labute approximate surface area is 106 Å². The molecule has 1 aliphatic heterocycles. The van der Waals surface area contributed by atoms with Crippen molar-refractivity contribution in [3.63, 3.8) is 0 Å². The number of ether oxygens (including phenoxy) is 1. The lowest BCUT2D eigenvalue weighted by Gasteiger charge is -2.29. The predicted octanol–water partition coefficient (Wildman–Crippen LogP) is 1.19. The van der Waals surface area contributed by atoms with E-state index in [-0.39, 0.29) is 18.4 Å². The molecule has 18 heavy (non-hydrogen) atoms. The number of hydrogen-bond acceptors (Lipinski definition) is 3. The summed E-state index contributed by atoms with van der Waals surface area (Å²) in [7, 11) is 1.61. The Morgan fingerprint density at radius 3 is 2.94 bits per heavy atom. The minimum Gasteiger partial charge on any atom is -0.481 e. The number of hydrogen-bond donors (Lipinski definition) is 1. The molecule has 2 rings (SSSR count). The van der Waals surface area contributed by atoms with E-state index in [1.165, 1.54) is 0 Å². The molecule has 5 heteroatoms. The number of methoxy groups -OCH3 is 1. The van der Waals surface area contributed by atoms with Crippen molar-refractivity contribution in [2.24, 2.45) is 0 Å². The lowest BCUT2D eigenvalue weighted by Crippen LogP contribution is -2.39. The summed E-state index contributed by atoms with van der Waals surface area (Å²) in [4.78, 5) is 24.9. The smallest absolute Gasteiger partial charge is 0.308 e. The van der Waals surface area contributed by atoms with E-state index in [4.69, 9.17) is 9.84 Å². The Balaban J connectivity index is 2.20. The van der Waals surface area contributed by atoms with Crippen molar-refractivity contribution in [3.8, 4) is 0 Å². The first-order valence-electron chi connectivity index (χ1n) is 6.38. The molecular formula is C13H19NO4. The maximum Gasteiger partial charge on any atom is 0.308 e. The van der Waals surface area contributed by atoms with E-state index in [9.17, 15) is 9.59 Å². The largest absolute Gasteiger partial charge is 0.481 e. The minimum absolute atomic E-state index is 0.101. The van der Waals surface area contributed by atoms with Crippen molar-refractivity contribution < 1.29 is 19.4 Å². The third kappa shape index (κ3) is 2.41. The SMILES string of the molecule is COCCN1C(=O)C(CC(=O)O)=C2CCCC[C@@H]21. The van der Waals surface area contributed by atoms with E-state index in [2.05, 4.69) is 0 Å². The zero-order chi connectivity index (χ0) is 13.1. The van der Waals surface area contributed by atoms with Crippen LogP contribution in [0.15, 0.2) is 11.1 Å². The van der Waals surface area contributed by atoms with Gasteiger partial charge in [0, 0.05) is 19.2 Å². The summed E-state index contributed by atoms with van der Waals surface area (Å²) >= 11 is 0. The summed E-state index contributed by atoms with van der Waals surface area (Å²) in [5, 5.41) is 8.91. The molecular weight excluding hydrogens is 234 g/mol. The Morgan fingerprint density at radius 2 is 2.28 bits per heavy atom. The van der Waals surface area contributed by atoms with Gasteiger partial charge in [-0.25, -0.2) is 0 Å². The van der Waals surface area contributed by atoms with Gasteiger partial charge >= 0.3 is 5.97 Å². The Kier molecular flexibility index (Phi) is 4.01. The molecule has 0 bridgehead atoms. The van der Waals surface area contributed by atoms with Gasteiger partial charge in [0.2, 0.25) is 0 Å². The van der Waals surface area contributed by atoms with Crippen LogP contribution in [0.25, 0.3) is 0 Å². The summed E-state index contributed by atoms with van der Waals surface area (Å²) < 4.78 is 5.02. The van der Waals surface area contributed by atoms with Gasteiger partial charge < -0.3 is 14.7 Å². The third-order valence-electron chi connectivity index (χ3n) is 3.72. The number of carboxylic acid groups (broad SMARTS) is 1.